The molecular formula is C15H15N3O5. The normalized spacial score (nSPS) is 29.4. The van der Waals surface area contributed by atoms with Crippen LogP contribution < -0.4 is 11.6 Å². The topological polar surface area (TPSA) is 128 Å². The number of fused-ring (bicyclic) bond motifs is 1. The van der Waals surface area contributed by atoms with Gasteiger partial charge >= 0.3 is 5.97 Å². The van der Waals surface area contributed by atoms with Crippen molar-refractivity contribution in [3.05, 3.63) is 53.3 Å². The van der Waals surface area contributed by atoms with Gasteiger partial charge in [0.15, 0.2) is 5.76 Å². The van der Waals surface area contributed by atoms with Gasteiger partial charge in [-0.2, -0.15) is 0 Å². The van der Waals surface area contributed by atoms with Crippen LogP contribution in [0.1, 0.15) is 5.56 Å². The van der Waals surface area contributed by atoms with Crippen LogP contribution in [-0.2, 0) is 19.2 Å². The number of carboxylic acids is 1. The van der Waals surface area contributed by atoms with Crippen LogP contribution in [0.2, 0.25) is 0 Å². The predicted octanol–water partition coefficient (Wildman–Crippen LogP) is -0.218. The molecule has 0 unspecified atom stereocenters. The van der Waals surface area contributed by atoms with Crippen molar-refractivity contribution < 1.29 is 24.3 Å². The van der Waals surface area contributed by atoms with E-state index in [-0.39, 0.29) is 12.4 Å². The van der Waals surface area contributed by atoms with E-state index in [9.17, 15) is 14.7 Å². The molecule has 2 aliphatic rings. The van der Waals surface area contributed by atoms with Crippen LogP contribution in [0.5, 0.6) is 0 Å². The highest BCUT2D eigenvalue weighted by molar-refractivity contribution is 6.09. The molecule has 2 atom stereocenters. The van der Waals surface area contributed by atoms with Crippen LogP contribution >= 0.6 is 0 Å². The van der Waals surface area contributed by atoms with Crippen molar-refractivity contribution >= 4 is 18.0 Å². The summed E-state index contributed by atoms with van der Waals surface area (Å²) in [6.45, 7) is -0.0892. The van der Waals surface area contributed by atoms with E-state index in [0.717, 1.165) is 10.5 Å². The Bertz CT molecular complexity index is 715. The lowest BCUT2D eigenvalue weighted by atomic mass is 9.96. The zero-order valence-electron chi connectivity index (χ0n) is 12.0. The van der Waals surface area contributed by atoms with E-state index in [2.05, 4.69) is 4.84 Å². The molecule has 8 heteroatoms. The van der Waals surface area contributed by atoms with Gasteiger partial charge in [0.2, 0.25) is 6.23 Å². The third-order valence-corrected chi connectivity index (χ3v) is 3.77. The summed E-state index contributed by atoms with van der Waals surface area (Å²) in [4.78, 5) is 29.3. The third kappa shape index (κ3) is 2.20. The predicted molar refractivity (Wildman–Crippen MR) is 78.9 cm³/mol. The first kappa shape index (κ1) is 15.2. The van der Waals surface area contributed by atoms with Crippen LogP contribution in [0.15, 0.2) is 47.7 Å². The Morgan fingerprint density at radius 3 is 2.74 bits per heavy atom. The highest BCUT2D eigenvalue weighted by Gasteiger charge is 2.65. The highest BCUT2D eigenvalue weighted by atomic mass is 16.6. The number of rotatable bonds is 4. The number of hydrogen-bond donors (Lipinski definition) is 3. The van der Waals surface area contributed by atoms with Gasteiger partial charge in [-0.3, -0.25) is 15.4 Å². The van der Waals surface area contributed by atoms with E-state index in [1.807, 2.05) is 30.3 Å². The minimum Gasteiger partial charge on any atom is -0.478 e. The van der Waals surface area contributed by atoms with Crippen LogP contribution in [0, 0.1) is 0 Å². The van der Waals surface area contributed by atoms with E-state index in [1.54, 1.807) is 6.08 Å². The standard InChI is InChI=1S/C15H15N3O5/c16-15(14(20)21)11(6-7-22-17)23-13-10(12(19)18(13)15)8-9-4-2-1-3-5-9/h1-6,8,13H,7,16-17H2,(H,20,21)/b10-8+,11-6-/t13-,15-/m1/s1. The molecule has 3 rings (SSSR count). The van der Waals surface area contributed by atoms with E-state index in [0.29, 0.717) is 5.57 Å². The minimum absolute atomic E-state index is 0.0785. The summed E-state index contributed by atoms with van der Waals surface area (Å²) in [5.41, 5.74) is 4.99. The molecule has 0 aromatic heterocycles. The molecule has 1 amide bonds. The molecule has 0 bridgehead atoms. The second kappa shape index (κ2) is 5.51. The van der Waals surface area contributed by atoms with Gasteiger partial charge in [0, 0.05) is 0 Å². The zero-order chi connectivity index (χ0) is 16.6. The number of carboxylic acid groups (broad SMARTS) is 1. The summed E-state index contributed by atoms with van der Waals surface area (Å²) in [5.74, 6) is 2.98. The van der Waals surface area contributed by atoms with E-state index >= 15 is 0 Å². The number of hydrogen-bond acceptors (Lipinski definition) is 6. The summed E-state index contributed by atoms with van der Waals surface area (Å²) in [5, 5.41) is 9.43. The fraction of sp³-hybridized carbons (Fsp3) is 0.200. The van der Waals surface area contributed by atoms with Gasteiger partial charge < -0.3 is 14.7 Å². The molecule has 5 N–H and O–H groups in total. The van der Waals surface area contributed by atoms with Crippen molar-refractivity contribution in [2.45, 2.75) is 11.9 Å². The monoisotopic (exact) mass is 317 g/mol. The number of aliphatic carboxylic acids is 1. The molecule has 0 radical (unpaired) electrons. The highest BCUT2D eigenvalue weighted by Crippen LogP contribution is 2.44. The number of amides is 1. The molecule has 120 valence electrons. The Hall–Kier alpha value is -2.68. The van der Waals surface area contributed by atoms with Crippen molar-refractivity contribution in [3.8, 4) is 0 Å². The lowest BCUT2D eigenvalue weighted by Gasteiger charge is -2.40. The molecule has 2 saturated heterocycles. The fourth-order valence-corrected chi connectivity index (χ4v) is 2.61. The number of carbonyl (C=O) groups is 2. The number of β-lactam (4-membered cyclic amide) rings is 1. The number of benzene rings is 1. The average molecular weight is 317 g/mol. The molecule has 1 aromatic carbocycles. The first-order valence-corrected chi connectivity index (χ1v) is 6.81. The van der Waals surface area contributed by atoms with Gasteiger partial charge in [-0.1, -0.05) is 30.3 Å². The minimum atomic E-state index is -2.06. The Morgan fingerprint density at radius 1 is 1.43 bits per heavy atom. The number of nitrogens with zero attached hydrogens (tertiary/aromatic N) is 1. The van der Waals surface area contributed by atoms with Crippen LogP contribution in [0.4, 0.5) is 0 Å². The van der Waals surface area contributed by atoms with Crippen molar-refractivity contribution in [2.75, 3.05) is 6.61 Å². The molecule has 0 saturated carbocycles. The van der Waals surface area contributed by atoms with Crippen molar-refractivity contribution in [3.63, 3.8) is 0 Å². The first-order valence-electron chi connectivity index (χ1n) is 6.81. The Kier molecular flexibility index (Phi) is 3.64. The lowest BCUT2D eigenvalue weighted by Crippen LogP contribution is -2.68. The zero-order valence-corrected chi connectivity index (χ0v) is 12.0. The van der Waals surface area contributed by atoms with Gasteiger partial charge in [-0.15, -0.1) is 0 Å². The quantitative estimate of drug-likeness (QED) is 0.398. The Labute approximate surface area is 131 Å². The summed E-state index contributed by atoms with van der Waals surface area (Å²) in [6, 6.07) is 9.16. The van der Waals surface area contributed by atoms with Crippen molar-refractivity contribution in [2.24, 2.45) is 11.6 Å². The second-order valence-corrected chi connectivity index (χ2v) is 5.13. The van der Waals surface area contributed by atoms with Gasteiger partial charge in [0.25, 0.3) is 11.6 Å². The SMILES string of the molecule is NOC/C=C1\O[C@@H]2/C(=C/c3ccccc3)C(=O)N2[C@@]1(N)C(=O)O. The van der Waals surface area contributed by atoms with Crippen molar-refractivity contribution in [1.82, 2.24) is 4.90 Å². The Balaban J connectivity index is 1.96. The maximum Gasteiger partial charge on any atom is 0.353 e. The number of carbonyl (C=O) groups excluding carboxylic acids is 1. The largest absolute Gasteiger partial charge is 0.478 e. The van der Waals surface area contributed by atoms with Crippen molar-refractivity contribution in [1.29, 1.82) is 0 Å². The molecular weight excluding hydrogens is 302 g/mol. The van der Waals surface area contributed by atoms with Gasteiger partial charge in [-0.05, 0) is 17.7 Å². The molecule has 0 aliphatic carbocycles. The second-order valence-electron chi connectivity index (χ2n) is 5.13. The van der Waals surface area contributed by atoms with Gasteiger partial charge in [-0.25, -0.2) is 10.7 Å². The van der Waals surface area contributed by atoms with Crippen LogP contribution in [0.3, 0.4) is 0 Å². The average Bonchev–Trinajstić information content (AvgIpc) is 2.82. The molecule has 2 fully saturated rings. The van der Waals surface area contributed by atoms with Gasteiger partial charge in [0.1, 0.15) is 0 Å². The molecule has 1 aromatic rings. The molecule has 0 spiro atoms. The summed E-state index contributed by atoms with van der Waals surface area (Å²) in [7, 11) is 0. The third-order valence-electron chi connectivity index (χ3n) is 3.77. The lowest BCUT2D eigenvalue weighted by molar-refractivity contribution is -0.161. The van der Waals surface area contributed by atoms with E-state index < -0.39 is 23.8 Å². The number of ether oxygens (including phenoxy) is 1. The van der Waals surface area contributed by atoms with Crippen LogP contribution in [-0.4, -0.2) is 40.4 Å². The van der Waals surface area contributed by atoms with Crippen LogP contribution in [0.25, 0.3) is 6.08 Å². The van der Waals surface area contributed by atoms with E-state index in [4.69, 9.17) is 16.4 Å². The maximum absolute atomic E-state index is 12.3. The summed E-state index contributed by atoms with van der Waals surface area (Å²) >= 11 is 0. The smallest absolute Gasteiger partial charge is 0.353 e. The van der Waals surface area contributed by atoms with Gasteiger partial charge in [0.05, 0.1) is 12.2 Å². The summed E-state index contributed by atoms with van der Waals surface area (Å²) in [6.07, 6.45) is 2.11. The summed E-state index contributed by atoms with van der Waals surface area (Å²) < 4.78 is 5.55. The first-order chi connectivity index (χ1) is 11.0. The molecule has 8 nitrogen and oxygen atoms in total. The molecule has 2 aliphatic heterocycles. The Morgan fingerprint density at radius 2 is 2.13 bits per heavy atom. The maximum atomic E-state index is 12.3. The van der Waals surface area contributed by atoms with E-state index in [1.165, 1.54) is 6.08 Å². The fourth-order valence-electron chi connectivity index (χ4n) is 2.61. The molecule has 2 heterocycles. The number of nitrogens with two attached hydrogens (primary N) is 2. The molecule has 23 heavy (non-hydrogen) atoms.